The molecule has 0 aliphatic rings. The summed E-state index contributed by atoms with van der Waals surface area (Å²) in [4.78, 5) is 0. The summed E-state index contributed by atoms with van der Waals surface area (Å²) in [5.41, 5.74) is 2.05. The first-order valence-electron chi connectivity index (χ1n) is 5.64. The molecule has 0 bridgehead atoms. The third kappa shape index (κ3) is 2.68. The van der Waals surface area contributed by atoms with Crippen molar-refractivity contribution in [2.75, 3.05) is 11.9 Å². The quantitative estimate of drug-likeness (QED) is 0.831. The third-order valence-electron chi connectivity index (χ3n) is 2.64. The zero-order valence-electron chi connectivity index (χ0n) is 10.1. The van der Waals surface area contributed by atoms with Crippen molar-refractivity contribution in [2.45, 2.75) is 26.4 Å². The number of aryl methyl sites for hydroxylation is 1. The predicted molar refractivity (Wildman–Crippen MR) is 64.8 cm³/mol. The van der Waals surface area contributed by atoms with E-state index < -0.39 is 0 Å². The average molecular weight is 235 g/mol. The molecule has 2 heterocycles. The molecule has 2 aromatic rings. The minimum Gasteiger partial charge on any atom is -0.467 e. The van der Waals surface area contributed by atoms with Gasteiger partial charge in [0.15, 0.2) is 0 Å². The van der Waals surface area contributed by atoms with Crippen LogP contribution in [0.3, 0.4) is 0 Å². The van der Waals surface area contributed by atoms with Gasteiger partial charge in [-0.3, -0.25) is 4.68 Å². The van der Waals surface area contributed by atoms with Gasteiger partial charge >= 0.3 is 0 Å². The van der Waals surface area contributed by atoms with Crippen LogP contribution >= 0.6 is 0 Å². The Bertz CT molecular complexity index is 476. The number of nitrogens with one attached hydrogen (secondary N) is 1. The average Bonchev–Trinajstić information content (AvgIpc) is 2.88. The van der Waals surface area contributed by atoms with Crippen LogP contribution in [0.1, 0.15) is 24.3 Å². The topological polar surface area (TPSA) is 63.2 Å². The Morgan fingerprint density at radius 1 is 1.59 bits per heavy atom. The van der Waals surface area contributed by atoms with Crippen LogP contribution in [0, 0.1) is 6.92 Å². The first kappa shape index (κ1) is 11.7. The number of aliphatic hydroxyl groups is 1. The Morgan fingerprint density at radius 3 is 3.06 bits per heavy atom. The second-order valence-electron chi connectivity index (χ2n) is 4.05. The van der Waals surface area contributed by atoms with Gasteiger partial charge in [-0.05, 0) is 25.5 Å². The molecule has 1 atom stereocenters. The molecule has 0 radical (unpaired) electrons. The molecule has 0 aliphatic heterocycles. The van der Waals surface area contributed by atoms with Crippen LogP contribution in [0.5, 0.6) is 0 Å². The van der Waals surface area contributed by atoms with E-state index in [9.17, 15) is 0 Å². The summed E-state index contributed by atoms with van der Waals surface area (Å²) in [5, 5.41) is 16.2. The summed E-state index contributed by atoms with van der Waals surface area (Å²) in [7, 11) is 0. The van der Waals surface area contributed by atoms with Crippen molar-refractivity contribution in [1.82, 2.24) is 9.78 Å². The second-order valence-corrected chi connectivity index (χ2v) is 4.05. The second kappa shape index (κ2) is 5.05. The van der Waals surface area contributed by atoms with Gasteiger partial charge in [-0.25, -0.2) is 0 Å². The van der Waals surface area contributed by atoms with E-state index in [4.69, 9.17) is 9.52 Å². The van der Waals surface area contributed by atoms with Gasteiger partial charge < -0.3 is 14.8 Å². The van der Waals surface area contributed by atoms with Crippen LogP contribution in [0.15, 0.2) is 29.1 Å². The molecular weight excluding hydrogens is 218 g/mol. The van der Waals surface area contributed by atoms with Crippen LogP contribution in [0.25, 0.3) is 0 Å². The van der Waals surface area contributed by atoms with Gasteiger partial charge in [-0.1, -0.05) is 0 Å². The van der Waals surface area contributed by atoms with E-state index in [-0.39, 0.29) is 12.6 Å². The number of aromatic nitrogens is 2. The highest BCUT2D eigenvalue weighted by molar-refractivity contribution is 5.41. The number of furan rings is 1. The third-order valence-corrected chi connectivity index (χ3v) is 2.64. The normalized spacial score (nSPS) is 12.6. The number of aliphatic hydroxyl groups excluding tert-OH is 1. The first-order valence-corrected chi connectivity index (χ1v) is 5.64. The minimum absolute atomic E-state index is 0.0912. The SMILES string of the molecule is Cc1ccoc1C(C)Nc1cnn(CCO)c1. The molecule has 0 spiro atoms. The Labute approximate surface area is 100 Å². The van der Waals surface area contributed by atoms with Gasteiger partial charge in [-0.15, -0.1) is 0 Å². The lowest BCUT2D eigenvalue weighted by atomic mass is 10.2. The van der Waals surface area contributed by atoms with Crippen LogP contribution in [0.2, 0.25) is 0 Å². The van der Waals surface area contributed by atoms with E-state index in [2.05, 4.69) is 10.4 Å². The lowest BCUT2D eigenvalue weighted by molar-refractivity contribution is 0.269. The van der Waals surface area contributed by atoms with Crippen molar-refractivity contribution in [3.8, 4) is 0 Å². The summed E-state index contributed by atoms with van der Waals surface area (Å²) < 4.78 is 7.12. The van der Waals surface area contributed by atoms with E-state index in [0.717, 1.165) is 17.0 Å². The number of nitrogens with zero attached hydrogens (tertiary/aromatic N) is 2. The van der Waals surface area contributed by atoms with Gasteiger partial charge in [-0.2, -0.15) is 5.10 Å². The molecule has 2 N–H and O–H groups in total. The summed E-state index contributed by atoms with van der Waals surface area (Å²) >= 11 is 0. The molecule has 0 aromatic carbocycles. The van der Waals surface area contributed by atoms with Crippen molar-refractivity contribution in [3.05, 3.63) is 36.0 Å². The zero-order chi connectivity index (χ0) is 12.3. The standard InChI is InChI=1S/C12H17N3O2/c1-9-3-6-17-12(9)10(2)14-11-7-13-15(8-11)4-5-16/h3,6-8,10,14,16H,4-5H2,1-2H3. The molecule has 2 aromatic heterocycles. The van der Waals surface area contributed by atoms with Crippen LogP contribution in [-0.2, 0) is 6.54 Å². The molecule has 5 nitrogen and oxygen atoms in total. The van der Waals surface area contributed by atoms with Gasteiger partial charge in [0.25, 0.3) is 0 Å². The Kier molecular flexibility index (Phi) is 3.49. The van der Waals surface area contributed by atoms with Crippen molar-refractivity contribution < 1.29 is 9.52 Å². The molecule has 0 saturated heterocycles. The largest absolute Gasteiger partial charge is 0.467 e. The molecule has 0 aliphatic carbocycles. The summed E-state index contributed by atoms with van der Waals surface area (Å²) in [6, 6.07) is 2.04. The fourth-order valence-corrected chi connectivity index (χ4v) is 1.81. The fourth-order valence-electron chi connectivity index (χ4n) is 1.81. The van der Waals surface area contributed by atoms with Crippen molar-refractivity contribution in [3.63, 3.8) is 0 Å². The lowest BCUT2D eigenvalue weighted by Gasteiger charge is -2.11. The molecule has 17 heavy (non-hydrogen) atoms. The van der Waals surface area contributed by atoms with Crippen molar-refractivity contribution >= 4 is 5.69 Å². The number of hydrogen-bond acceptors (Lipinski definition) is 4. The van der Waals surface area contributed by atoms with E-state index in [1.54, 1.807) is 17.1 Å². The summed E-state index contributed by atoms with van der Waals surface area (Å²) in [5.74, 6) is 0.930. The van der Waals surface area contributed by atoms with Gasteiger partial charge in [0, 0.05) is 6.20 Å². The number of rotatable bonds is 5. The minimum atomic E-state index is 0.0912. The monoisotopic (exact) mass is 235 g/mol. The molecule has 92 valence electrons. The maximum absolute atomic E-state index is 8.80. The Morgan fingerprint density at radius 2 is 2.41 bits per heavy atom. The van der Waals surface area contributed by atoms with Crippen molar-refractivity contribution in [2.24, 2.45) is 0 Å². The van der Waals surface area contributed by atoms with E-state index in [1.807, 2.05) is 26.1 Å². The molecule has 5 heteroatoms. The van der Waals surface area contributed by atoms with Gasteiger partial charge in [0.2, 0.25) is 0 Å². The Hall–Kier alpha value is -1.75. The highest BCUT2D eigenvalue weighted by atomic mass is 16.3. The molecule has 0 saturated carbocycles. The Balaban J connectivity index is 2.02. The first-order chi connectivity index (χ1) is 8.20. The van der Waals surface area contributed by atoms with Crippen LogP contribution in [0.4, 0.5) is 5.69 Å². The zero-order valence-corrected chi connectivity index (χ0v) is 10.1. The van der Waals surface area contributed by atoms with E-state index in [1.165, 1.54) is 0 Å². The number of anilines is 1. The van der Waals surface area contributed by atoms with Gasteiger partial charge in [0.1, 0.15) is 5.76 Å². The molecule has 0 fully saturated rings. The van der Waals surface area contributed by atoms with Crippen LogP contribution in [-0.4, -0.2) is 21.5 Å². The highest BCUT2D eigenvalue weighted by Gasteiger charge is 2.12. The lowest BCUT2D eigenvalue weighted by Crippen LogP contribution is -2.06. The van der Waals surface area contributed by atoms with E-state index in [0.29, 0.717) is 6.54 Å². The van der Waals surface area contributed by atoms with Crippen LogP contribution < -0.4 is 5.32 Å². The maximum Gasteiger partial charge on any atom is 0.128 e. The van der Waals surface area contributed by atoms with Crippen molar-refractivity contribution in [1.29, 1.82) is 0 Å². The van der Waals surface area contributed by atoms with E-state index >= 15 is 0 Å². The summed E-state index contributed by atoms with van der Waals surface area (Å²) in [6.45, 7) is 4.66. The molecule has 2 rings (SSSR count). The fraction of sp³-hybridized carbons (Fsp3) is 0.417. The molecule has 1 unspecified atom stereocenters. The highest BCUT2D eigenvalue weighted by Crippen LogP contribution is 2.22. The number of hydrogen-bond donors (Lipinski definition) is 2. The predicted octanol–water partition coefficient (Wildman–Crippen LogP) is 1.95. The molecular formula is C12H17N3O2. The smallest absolute Gasteiger partial charge is 0.128 e. The maximum atomic E-state index is 8.80. The molecule has 0 amide bonds. The summed E-state index contributed by atoms with van der Waals surface area (Å²) in [6.07, 6.45) is 5.30. The van der Waals surface area contributed by atoms with Gasteiger partial charge in [0.05, 0.1) is 37.3 Å².